The topological polar surface area (TPSA) is 59.4 Å². The second kappa shape index (κ2) is 7.26. The van der Waals surface area contributed by atoms with Crippen LogP contribution >= 0.6 is 0 Å². The Morgan fingerprint density at radius 2 is 2.11 bits per heavy atom. The Balaban J connectivity index is 1.42. The Bertz CT molecular complexity index is 812. The second-order valence-electron chi connectivity index (χ2n) is 7.06. The molecule has 6 nitrogen and oxygen atoms in total. The highest BCUT2D eigenvalue weighted by atomic mass is 19.1. The van der Waals surface area contributed by atoms with Gasteiger partial charge in [0.1, 0.15) is 18.2 Å². The molecule has 8 heteroatoms. The summed E-state index contributed by atoms with van der Waals surface area (Å²) < 4.78 is 35.3. The predicted octanol–water partition coefficient (Wildman–Crippen LogP) is 2.51. The summed E-state index contributed by atoms with van der Waals surface area (Å²) >= 11 is 0. The van der Waals surface area contributed by atoms with E-state index in [9.17, 15) is 13.6 Å². The van der Waals surface area contributed by atoms with E-state index in [-0.39, 0.29) is 17.5 Å². The first-order valence-corrected chi connectivity index (χ1v) is 9.22. The van der Waals surface area contributed by atoms with Crippen LogP contribution in [0.25, 0.3) is 0 Å². The van der Waals surface area contributed by atoms with Gasteiger partial charge in [-0.25, -0.2) is 13.5 Å². The number of carbonyl (C=O) groups excluding carboxylic acids is 1. The van der Waals surface area contributed by atoms with Crippen LogP contribution in [-0.4, -0.2) is 46.3 Å². The molecule has 0 bridgehead atoms. The molecule has 27 heavy (non-hydrogen) atoms. The molecular weight excluding hydrogens is 354 g/mol. The number of ether oxygens (including phenoxy) is 1. The van der Waals surface area contributed by atoms with E-state index in [4.69, 9.17) is 4.74 Å². The maximum Gasteiger partial charge on any atom is 0.272 e. The zero-order chi connectivity index (χ0) is 19.0. The predicted molar refractivity (Wildman–Crippen MR) is 94.6 cm³/mol. The fourth-order valence-electron chi connectivity index (χ4n) is 3.85. The largest absolute Gasteiger partial charge is 0.476 e. The maximum atomic E-state index is 14.1. The Labute approximate surface area is 156 Å². The number of aromatic nitrogens is 2. The molecule has 1 fully saturated rings. The average molecular weight is 376 g/mol. The smallest absolute Gasteiger partial charge is 0.272 e. The monoisotopic (exact) mass is 376 g/mol. The van der Waals surface area contributed by atoms with Gasteiger partial charge in [-0.15, -0.1) is 0 Å². The molecular formula is C19H22F2N4O2. The van der Waals surface area contributed by atoms with E-state index >= 15 is 0 Å². The fraction of sp³-hybridized carbons (Fsp3) is 0.474. The third kappa shape index (κ3) is 3.53. The van der Waals surface area contributed by atoms with E-state index < -0.39 is 17.7 Å². The molecule has 2 aliphatic heterocycles. The Hall–Kier alpha value is -2.48. The Kier molecular flexibility index (Phi) is 4.82. The summed E-state index contributed by atoms with van der Waals surface area (Å²) in [5.74, 6) is -0.728. The van der Waals surface area contributed by atoms with Crippen molar-refractivity contribution < 1.29 is 18.3 Å². The van der Waals surface area contributed by atoms with Crippen molar-refractivity contribution in [2.45, 2.75) is 38.4 Å². The van der Waals surface area contributed by atoms with Gasteiger partial charge >= 0.3 is 0 Å². The SMILES string of the molecule is CC(c1c(F)cccc1F)N1CCC[C@@H](NC(=O)c2cc3n(n2)CCO3)C1. The molecule has 1 aromatic carbocycles. The van der Waals surface area contributed by atoms with Crippen LogP contribution < -0.4 is 10.1 Å². The number of nitrogens with zero attached hydrogens (tertiary/aromatic N) is 3. The fourth-order valence-corrected chi connectivity index (χ4v) is 3.85. The summed E-state index contributed by atoms with van der Waals surface area (Å²) in [5.41, 5.74) is 0.405. The third-order valence-corrected chi connectivity index (χ3v) is 5.28. The first kappa shape index (κ1) is 17.9. The molecule has 2 aromatic rings. The molecule has 1 saturated heterocycles. The number of hydrogen-bond donors (Lipinski definition) is 1. The normalized spacial score (nSPS) is 20.8. The maximum absolute atomic E-state index is 14.1. The average Bonchev–Trinajstić information content (AvgIpc) is 3.23. The van der Waals surface area contributed by atoms with Crippen molar-refractivity contribution in [1.29, 1.82) is 0 Å². The van der Waals surface area contributed by atoms with Gasteiger partial charge in [-0.1, -0.05) is 6.07 Å². The zero-order valence-corrected chi connectivity index (χ0v) is 15.1. The molecule has 0 spiro atoms. The summed E-state index contributed by atoms with van der Waals surface area (Å²) in [6, 6.07) is 5.06. The van der Waals surface area contributed by atoms with Gasteiger partial charge in [0, 0.05) is 30.3 Å². The Morgan fingerprint density at radius 1 is 1.33 bits per heavy atom. The number of rotatable bonds is 4. The van der Waals surface area contributed by atoms with Gasteiger partial charge in [0.15, 0.2) is 5.69 Å². The highest BCUT2D eigenvalue weighted by Crippen LogP contribution is 2.28. The van der Waals surface area contributed by atoms with Gasteiger partial charge < -0.3 is 10.1 Å². The molecule has 2 atom stereocenters. The van der Waals surface area contributed by atoms with Gasteiger partial charge in [-0.05, 0) is 38.4 Å². The van der Waals surface area contributed by atoms with Crippen molar-refractivity contribution in [2.24, 2.45) is 0 Å². The first-order valence-electron chi connectivity index (χ1n) is 9.22. The molecule has 1 amide bonds. The standard InChI is InChI=1S/C19H22F2N4O2/c1-12(18-14(20)5-2-6-15(18)21)24-7-3-4-13(11-24)22-19(26)16-10-17-25(23-16)8-9-27-17/h2,5-6,10,12-13H,3-4,7-9,11H2,1H3,(H,22,26)/t12?,13-/m1/s1. The molecule has 3 heterocycles. The van der Waals surface area contributed by atoms with Crippen LogP contribution in [0.3, 0.4) is 0 Å². The first-order chi connectivity index (χ1) is 13.0. The van der Waals surface area contributed by atoms with Crippen LogP contribution in [0, 0.1) is 11.6 Å². The number of fused-ring (bicyclic) bond motifs is 1. The van der Waals surface area contributed by atoms with Gasteiger partial charge in [0.05, 0.1) is 6.54 Å². The van der Waals surface area contributed by atoms with E-state index in [1.807, 2.05) is 4.90 Å². The number of hydrogen-bond acceptors (Lipinski definition) is 4. The minimum atomic E-state index is -0.541. The van der Waals surface area contributed by atoms with Crippen molar-refractivity contribution in [3.05, 3.63) is 47.2 Å². The molecule has 1 N–H and O–H groups in total. The van der Waals surface area contributed by atoms with Gasteiger partial charge in [0.25, 0.3) is 5.91 Å². The van der Waals surface area contributed by atoms with Crippen LogP contribution in [-0.2, 0) is 6.54 Å². The van der Waals surface area contributed by atoms with Crippen molar-refractivity contribution in [1.82, 2.24) is 20.0 Å². The van der Waals surface area contributed by atoms with Crippen molar-refractivity contribution in [3.8, 4) is 5.88 Å². The minimum absolute atomic E-state index is 0.0761. The summed E-state index contributed by atoms with van der Waals surface area (Å²) in [5, 5.41) is 7.24. The van der Waals surface area contributed by atoms with E-state index in [2.05, 4.69) is 10.4 Å². The molecule has 2 aliphatic rings. The summed E-state index contributed by atoms with van der Waals surface area (Å²) in [6.45, 7) is 4.28. The van der Waals surface area contributed by atoms with Crippen LogP contribution in [0.4, 0.5) is 8.78 Å². The number of benzene rings is 1. The molecule has 1 unspecified atom stereocenters. The lowest BCUT2D eigenvalue weighted by molar-refractivity contribution is 0.0870. The van der Waals surface area contributed by atoms with E-state index in [1.165, 1.54) is 18.2 Å². The highest BCUT2D eigenvalue weighted by Gasteiger charge is 2.29. The second-order valence-corrected chi connectivity index (χ2v) is 7.06. The number of halogens is 2. The van der Waals surface area contributed by atoms with Gasteiger partial charge in [-0.3, -0.25) is 9.69 Å². The Morgan fingerprint density at radius 3 is 2.85 bits per heavy atom. The van der Waals surface area contributed by atoms with Crippen LogP contribution in [0.5, 0.6) is 5.88 Å². The zero-order valence-electron chi connectivity index (χ0n) is 15.1. The summed E-state index contributed by atoms with van der Waals surface area (Å²) in [7, 11) is 0. The number of amides is 1. The van der Waals surface area contributed by atoms with Gasteiger partial charge in [-0.2, -0.15) is 5.10 Å². The summed E-state index contributed by atoms with van der Waals surface area (Å²) in [4.78, 5) is 14.5. The van der Waals surface area contributed by atoms with Crippen LogP contribution in [0.1, 0.15) is 41.9 Å². The van der Waals surface area contributed by atoms with E-state index in [0.717, 1.165) is 19.4 Å². The van der Waals surface area contributed by atoms with Gasteiger partial charge in [0.2, 0.25) is 5.88 Å². The molecule has 0 radical (unpaired) electrons. The third-order valence-electron chi connectivity index (χ3n) is 5.28. The lowest BCUT2D eigenvalue weighted by Crippen LogP contribution is -2.48. The lowest BCUT2D eigenvalue weighted by atomic mass is 9.99. The molecule has 0 aliphatic carbocycles. The minimum Gasteiger partial charge on any atom is -0.476 e. The van der Waals surface area contributed by atoms with E-state index in [0.29, 0.717) is 31.3 Å². The van der Waals surface area contributed by atoms with Crippen molar-refractivity contribution in [3.63, 3.8) is 0 Å². The van der Waals surface area contributed by atoms with Crippen LogP contribution in [0.15, 0.2) is 24.3 Å². The molecule has 1 aromatic heterocycles. The quantitative estimate of drug-likeness (QED) is 0.891. The van der Waals surface area contributed by atoms with Crippen molar-refractivity contribution >= 4 is 5.91 Å². The molecule has 0 saturated carbocycles. The van der Waals surface area contributed by atoms with Crippen LogP contribution in [0.2, 0.25) is 0 Å². The number of carbonyl (C=O) groups is 1. The lowest BCUT2D eigenvalue weighted by Gasteiger charge is -2.37. The van der Waals surface area contributed by atoms with Crippen molar-refractivity contribution in [2.75, 3.05) is 19.7 Å². The number of likely N-dealkylation sites (tertiary alicyclic amines) is 1. The molecule has 144 valence electrons. The number of nitrogens with one attached hydrogen (secondary N) is 1. The highest BCUT2D eigenvalue weighted by molar-refractivity contribution is 5.92. The number of piperidine rings is 1. The molecule has 4 rings (SSSR count). The van der Waals surface area contributed by atoms with E-state index in [1.54, 1.807) is 17.7 Å². The summed E-state index contributed by atoms with van der Waals surface area (Å²) in [6.07, 6.45) is 1.66.